The molecule has 0 spiro atoms. The van der Waals surface area contributed by atoms with Crippen molar-refractivity contribution in [3.8, 4) is 5.75 Å². The first-order valence-corrected chi connectivity index (χ1v) is 7.11. The second kappa shape index (κ2) is 6.11. The minimum Gasteiger partial charge on any atom is -0.497 e. The zero-order valence-corrected chi connectivity index (χ0v) is 11.4. The van der Waals surface area contributed by atoms with E-state index in [1.54, 1.807) is 18.9 Å². The Morgan fingerprint density at radius 1 is 1.61 bits per heavy atom. The van der Waals surface area contributed by atoms with E-state index in [0.717, 1.165) is 22.9 Å². The van der Waals surface area contributed by atoms with Gasteiger partial charge in [0.25, 0.3) is 0 Å². The first-order valence-electron chi connectivity index (χ1n) is 5.96. The maximum atomic E-state index is 12.0. The summed E-state index contributed by atoms with van der Waals surface area (Å²) >= 11 is 1.75. The minimum absolute atomic E-state index is 0.0139. The Bertz CT molecular complexity index is 419. The molecule has 1 unspecified atom stereocenters. The van der Waals surface area contributed by atoms with Gasteiger partial charge in [-0.3, -0.25) is 10.1 Å². The molecule has 0 aliphatic carbocycles. The van der Waals surface area contributed by atoms with Gasteiger partial charge in [0.15, 0.2) is 0 Å². The summed E-state index contributed by atoms with van der Waals surface area (Å²) in [6, 6.07) is 7.68. The average molecular weight is 266 g/mol. The third-order valence-electron chi connectivity index (χ3n) is 2.99. The monoisotopic (exact) mass is 266 g/mol. The number of rotatable bonds is 4. The zero-order valence-electron chi connectivity index (χ0n) is 10.6. The van der Waals surface area contributed by atoms with Crippen LogP contribution in [0.15, 0.2) is 24.3 Å². The number of hydrogen-bond acceptors (Lipinski definition) is 4. The second-order valence-electron chi connectivity index (χ2n) is 4.28. The number of carbonyl (C=O) groups is 1. The largest absolute Gasteiger partial charge is 0.497 e. The highest BCUT2D eigenvalue weighted by molar-refractivity contribution is 7.99. The smallest absolute Gasteiger partial charge is 0.238 e. The Kier molecular flexibility index (Phi) is 4.49. The Labute approximate surface area is 111 Å². The summed E-state index contributed by atoms with van der Waals surface area (Å²) < 4.78 is 5.18. The highest BCUT2D eigenvalue weighted by Gasteiger charge is 2.23. The van der Waals surface area contributed by atoms with Crippen molar-refractivity contribution in [2.75, 3.05) is 18.7 Å². The lowest BCUT2D eigenvalue weighted by molar-refractivity contribution is -0.123. The van der Waals surface area contributed by atoms with E-state index in [1.807, 2.05) is 31.2 Å². The quantitative estimate of drug-likeness (QED) is 0.868. The summed E-state index contributed by atoms with van der Waals surface area (Å²) in [4.78, 5) is 12.0. The summed E-state index contributed by atoms with van der Waals surface area (Å²) in [6.07, 6.45) is 0. The number of carbonyl (C=O) groups excluding carboxylic acids is 1. The zero-order chi connectivity index (χ0) is 13.0. The van der Waals surface area contributed by atoms with Crippen LogP contribution in [0.2, 0.25) is 0 Å². The normalized spacial score (nSPS) is 20.4. The summed E-state index contributed by atoms with van der Waals surface area (Å²) in [5.74, 6) is 2.57. The van der Waals surface area contributed by atoms with Crippen LogP contribution in [-0.4, -0.2) is 30.7 Å². The molecule has 1 aliphatic heterocycles. The Morgan fingerprint density at radius 3 is 3.11 bits per heavy atom. The fraction of sp³-hybridized carbons (Fsp3) is 0.462. The van der Waals surface area contributed by atoms with E-state index in [2.05, 4.69) is 10.6 Å². The standard InChI is InChI=1S/C13H18N2O2S/c1-9(10-4-3-5-11(6-10)17-2)15-13(16)12-7-18-8-14-12/h3-6,9,12,14H,7-8H2,1-2H3,(H,15,16)/t9-,12?/m0/s1. The van der Waals surface area contributed by atoms with Crippen LogP contribution in [0.5, 0.6) is 5.75 Å². The third-order valence-corrected chi connectivity index (χ3v) is 3.93. The lowest BCUT2D eigenvalue weighted by Crippen LogP contribution is -2.42. The van der Waals surface area contributed by atoms with E-state index >= 15 is 0 Å². The van der Waals surface area contributed by atoms with E-state index in [9.17, 15) is 4.79 Å². The molecule has 4 nitrogen and oxygen atoms in total. The van der Waals surface area contributed by atoms with E-state index in [1.165, 1.54) is 0 Å². The van der Waals surface area contributed by atoms with Crippen molar-refractivity contribution in [2.24, 2.45) is 0 Å². The van der Waals surface area contributed by atoms with E-state index in [-0.39, 0.29) is 18.0 Å². The number of methoxy groups -OCH3 is 1. The van der Waals surface area contributed by atoms with Crippen LogP contribution in [0, 0.1) is 0 Å². The molecule has 1 amide bonds. The van der Waals surface area contributed by atoms with Gasteiger partial charge in [0.2, 0.25) is 5.91 Å². The lowest BCUT2D eigenvalue weighted by atomic mass is 10.1. The van der Waals surface area contributed by atoms with Gasteiger partial charge in [-0.1, -0.05) is 12.1 Å². The molecule has 1 aromatic rings. The second-order valence-corrected chi connectivity index (χ2v) is 5.31. The molecule has 18 heavy (non-hydrogen) atoms. The van der Waals surface area contributed by atoms with Gasteiger partial charge in [-0.2, -0.15) is 0 Å². The molecule has 1 fully saturated rings. The summed E-state index contributed by atoms with van der Waals surface area (Å²) in [7, 11) is 1.64. The molecule has 0 aromatic heterocycles. The molecular formula is C13H18N2O2S. The number of hydrogen-bond donors (Lipinski definition) is 2. The van der Waals surface area contributed by atoms with Crippen LogP contribution in [0.3, 0.4) is 0 Å². The molecule has 0 saturated carbocycles. The number of benzene rings is 1. The molecule has 1 heterocycles. The predicted molar refractivity (Wildman–Crippen MR) is 73.8 cm³/mol. The van der Waals surface area contributed by atoms with Crippen molar-refractivity contribution in [2.45, 2.75) is 19.0 Å². The van der Waals surface area contributed by atoms with Crippen LogP contribution in [0.25, 0.3) is 0 Å². The number of amides is 1. The highest BCUT2D eigenvalue weighted by Crippen LogP contribution is 2.19. The molecule has 2 rings (SSSR count). The van der Waals surface area contributed by atoms with Crippen LogP contribution in [0.4, 0.5) is 0 Å². The first kappa shape index (κ1) is 13.2. The van der Waals surface area contributed by atoms with Crippen molar-refractivity contribution in [3.63, 3.8) is 0 Å². The van der Waals surface area contributed by atoms with Gasteiger partial charge < -0.3 is 10.1 Å². The van der Waals surface area contributed by atoms with Gasteiger partial charge in [-0.15, -0.1) is 11.8 Å². The van der Waals surface area contributed by atoms with E-state index < -0.39 is 0 Å². The van der Waals surface area contributed by atoms with E-state index in [4.69, 9.17) is 4.74 Å². The molecule has 1 saturated heterocycles. The topological polar surface area (TPSA) is 50.4 Å². The fourth-order valence-electron chi connectivity index (χ4n) is 1.87. The molecule has 0 bridgehead atoms. The molecule has 2 atom stereocenters. The van der Waals surface area contributed by atoms with Crippen molar-refractivity contribution >= 4 is 17.7 Å². The highest BCUT2D eigenvalue weighted by atomic mass is 32.2. The first-order chi connectivity index (χ1) is 8.70. The molecule has 98 valence electrons. The molecule has 1 aliphatic rings. The van der Waals surface area contributed by atoms with Crippen molar-refractivity contribution < 1.29 is 9.53 Å². The van der Waals surface area contributed by atoms with Gasteiger partial charge in [0.05, 0.1) is 19.2 Å². The van der Waals surface area contributed by atoms with Crippen LogP contribution in [0.1, 0.15) is 18.5 Å². The Balaban J connectivity index is 1.97. The summed E-state index contributed by atoms with van der Waals surface area (Å²) in [6.45, 7) is 1.98. The summed E-state index contributed by atoms with van der Waals surface area (Å²) in [5.41, 5.74) is 1.05. The molecule has 2 N–H and O–H groups in total. The molecule has 1 aromatic carbocycles. The molecule has 0 radical (unpaired) electrons. The maximum Gasteiger partial charge on any atom is 0.238 e. The van der Waals surface area contributed by atoms with E-state index in [0.29, 0.717) is 0 Å². The van der Waals surface area contributed by atoms with Crippen molar-refractivity contribution in [3.05, 3.63) is 29.8 Å². The molecule has 5 heteroatoms. The SMILES string of the molecule is COc1cccc([C@H](C)NC(=O)C2CSCN2)c1. The maximum absolute atomic E-state index is 12.0. The van der Waals surface area contributed by atoms with Crippen LogP contribution in [-0.2, 0) is 4.79 Å². The van der Waals surface area contributed by atoms with Crippen LogP contribution >= 0.6 is 11.8 Å². The van der Waals surface area contributed by atoms with Gasteiger partial charge in [0, 0.05) is 11.6 Å². The fourth-order valence-corrected chi connectivity index (χ4v) is 2.81. The minimum atomic E-state index is -0.0666. The number of ether oxygens (including phenoxy) is 1. The predicted octanol–water partition coefficient (Wildman–Crippen LogP) is 1.53. The van der Waals surface area contributed by atoms with Gasteiger partial charge >= 0.3 is 0 Å². The number of nitrogens with one attached hydrogen (secondary N) is 2. The van der Waals surface area contributed by atoms with Gasteiger partial charge in [0.1, 0.15) is 5.75 Å². The Morgan fingerprint density at radius 2 is 2.44 bits per heavy atom. The van der Waals surface area contributed by atoms with Gasteiger partial charge in [-0.05, 0) is 24.6 Å². The lowest BCUT2D eigenvalue weighted by Gasteiger charge is -2.17. The molecular weight excluding hydrogens is 248 g/mol. The summed E-state index contributed by atoms with van der Waals surface area (Å²) in [5, 5.41) is 6.18. The van der Waals surface area contributed by atoms with Crippen molar-refractivity contribution in [1.82, 2.24) is 10.6 Å². The average Bonchev–Trinajstić information content (AvgIpc) is 2.92. The number of thioether (sulfide) groups is 1. The van der Waals surface area contributed by atoms with Gasteiger partial charge in [-0.25, -0.2) is 0 Å². The van der Waals surface area contributed by atoms with Crippen LogP contribution < -0.4 is 15.4 Å². The van der Waals surface area contributed by atoms with Crippen molar-refractivity contribution in [1.29, 1.82) is 0 Å². The Hall–Kier alpha value is -1.20. The third kappa shape index (κ3) is 3.17.